The summed E-state index contributed by atoms with van der Waals surface area (Å²) in [6.45, 7) is 6.00. The SMILES string of the molecule is CCN1CCC[C@@H]1CN1Cc2c(C(=O)N(C)Cc3ccn[nH]3)cccc2C1=O. The summed E-state index contributed by atoms with van der Waals surface area (Å²) < 4.78 is 0. The summed E-state index contributed by atoms with van der Waals surface area (Å²) in [6, 6.07) is 7.76. The number of fused-ring (bicyclic) bond motifs is 1. The second-order valence-electron chi connectivity index (χ2n) is 7.69. The van der Waals surface area contributed by atoms with Gasteiger partial charge in [0.05, 0.1) is 12.2 Å². The van der Waals surface area contributed by atoms with Crippen LogP contribution in [0.15, 0.2) is 30.5 Å². The first-order valence-electron chi connectivity index (χ1n) is 9.97. The molecule has 4 rings (SSSR count). The average Bonchev–Trinajstić information content (AvgIpc) is 3.43. The second kappa shape index (κ2) is 7.75. The number of hydrogen-bond acceptors (Lipinski definition) is 4. The zero-order valence-corrected chi connectivity index (χ0v) is 16.5. The van der Waals surface area contributed by atoms with Crippen molar-refractivity contribution in [1.29, 1.82) is 0 Å². The third-order valence-electron chi connectivity index (χ3n) is 5.92. The second-order valence-corrected chi connectivity index (χ2v) is 7.69. The van der Waals surface area contributed by atoms with Gasteiger partial charge in [-0.15, -0.1) is 0 Å². The predicted octanol–water partition coefficient (Wildman–Crippen LogP) is 2.12. The van der Waals surface area contributed by atoms with Crippen LogP contribution in [0.3, 0.4) is 0 Å². The van der Waals surface area contributed by atoms with E-state index in [0.29, 0.717) is 30.3 Å². The van der Waals surface area contributed by atoms with E-state index >= 15 is 0 Å². The Morgan fingerprint density at radius 3 is 2.96 bits per heavy atom. The molecule has 148 valence electrons. The van der Waals surface area contributed by atoms with Gasteiger partial charge in [-0.25, -0.2) is 0 Å². The topological polar surface area (TPSA) is 72.5 Å². The predicted molar refractivity (Wildman–Crippen MR) is 106 cm³/mol. The Kier molecular flexibility index (Phi) is 5.17. The summed E-state index contributed by atoms with van der Waals surface area (Å²) in [5.74, 6) is -0.0269. The van der Waals surface area contributed by atoms with Gasteiger partial charge in [-0.3, -0.25) is 19.6 Å². The van der Waals surface area contributed by atoms with Crippen molar-refractivity contribution in [3.05, 3.63) is 52.8 Å². The van der Waals surface area contributed by atoms with Crippen molar-refractivity contribution < 1.29 is 9.59 Å². The van der Waals surface area contributed by atoms with E-state index in [4.69, 9.17) is 0 Å². The molecular weight excluding hydrogens is 354 g/mol. The van der Waals surface area contributed by atoms with Gasteiger partial charge in [0.1, 0.15) is 0 Å². The van der Waals surface area contributed by atoms with Gasteiger partial charge in [0.2, 0.25) is 0 Å². The van der Waals surface area contributed by atoms with Crippen molar-refractivity contribution >= 4 is 11.8 Å². The Balaban J connectivity index is 1.51. The molecule has 1 N–H and O–H groups in total. The molecule has 2 amide bonds. The van der Waals surface area contributed by atoms with Crippen molar-refractivity contribution in [3.8, 4) is 0 Å². The van der Waals surface area contributed by atoms with Crippen molar-refractivity contribution in [2.24, 2.45) is 0 Å². The molecule has 1 aromatic heterocycles. The highest BCUT2D eigenvalue weighted by Crippen LogP contribution is 2.29. The number of rotatable bonds is 6. The molecule has 28 heavy (non-hydrogen) atoms. The molecular formula is C21H27N5O2. The van der Waals surface area contributed by atoms with E-state index in [1.807, 2.05) is 29.2 Å². The minimum Gasteiger partial charge on any atom is -0.336 e. The minimum atomic E-state index is -0.0721. The molecule has 0 aliphatic carbocycles. The van der Waals surface area contributed by atoms with Crippen LogP contribution >= 0.6 is 0 Å². The number of H-pyrrole nitrogens is 1. The zero-order chi connectivity index (χ0) is 19.7. The van der Waals surface area contributed by atoms with Gasteiger partial charge in [0, 0.05) is 43.5 Å². The molecule has 0 unspecified atom stereocenters. The fourth-order valence-electron chi connectivity index (χ4n) is 4.42. The van der Waals surface area contributed by atoms with Gasteiger partial charge in [-0.2, -0.15) is 5.10 Å². The molecule has 7 nitrogen and oxygen atoms in total. The van der Waals surface area contributed by atoms with Crippen LogP contribution in [-0.2, 0) is 13.1 Å². The molecule has 1 fully saturated rings. The van der Waals surface area contributed by atoms with Gasteiger partial charge in [-0.05, 0) is 49.7 Å². The van der Waals surface area contributed by atoms with Gasteiger partial charge >= 0.3 is 0 Å². The van der Waals surface area contributed by atoms with Crippen LogP contribution in [0.5, 0.6) is 0 Å². The lowest BCUT2D eigenvalue weighted by Crippen LogP contribution is -2.40. The van der Waals surface area contributed by atoms with E-state index in [0.717, 1.165) is 37.3 Å². The first-order valence-corrected chi connectivity index (χ1v) is 9.97. The van der Waals surface area contributed by atoms with Gasteiger partial charge in [0.25, 0.3) is 11.8 Å². The fourth-order valence-corrected chi connectivity index (χ4v) is 4.42. The van der Waals surface area contributed by atoms with Crippen LogP contribution in [0, 0.1) is 0 Å². The van der Waals surface area contributed by atoms with Crippen molar-refractivity contribution in [2.45, 2.75) is 38.9 Å². The highest BCUT2D eigenvalue weighted by molar-refractivity contribution is 6.04. The molecule has 7 heteroatoms. The Hall–Kier alpha value is -2.67. The largest absolute Gasteiger partial charge is 0.336 e. The van der Waals surface area contributed by atoms with Crippen molar-refractivity contribution in [2.75, 3.05) is 26.7 Å². The van der Waals surface area contributed by atoms with Crippen LogP contribution in [0.4, 0.5) is 0 Å². The Morgan fingerprint density at radius 2 is 2.21 bits per heavy atom. The maximum atomic E-state index is 13.0. The lowest BCUT2D eigenvalue weighted by Gasteiger charge is -2.27. The number of likely N-dealkylation sites (tertiary alicyclic amines) is 1. The highest BCUT2D eigenvalue weighted by Gasteiger charge is 2.34. The standard InChI is InChI=1S/C21H27N5O2/c1-3-25-11-5-6-16(25)13-26-14-19-17(7-4-8-18(19)21(26)28)20(27)24(2)12-15-9-10-22-23-15/h4,7-10,16H,3,5-6,11-14H2,1-2H3,(H,22,23)/t16-/m1/s1. The van der Waals surface area contributed by atoms with Crippen molar-refractivity contribution in [3.63, 3.8) is 0 Å². The summed E-state index contributed by atoms with van der Waals surface area (Å²) in [6.07, 6.45) is 4.00. The third kappa shape index (κ3) is 3.42. The number of nitrogens with one attached hydrogen (secondary N) is 1. The average molecular weight is 381 g/mol. The summed E-state index contributed by atoms with van der Waals surface area (Å²) in [5.41, 5.74) is 3.02. The summed E-state index contributed by atoms with van der Waals surface area (Å²) in [7, 11) is 1.77. The number of amides is 2. The fraction of sp³-hybridized carbons (Fsp3) is 0.476. The number of aromatic amines is 1. The molecule has 1 saturated heterocycles. The molecule has 0 bridgehead atoms. The number of nitrogens with zero attached hydrogens (tertiary/aromatic N) is 4. The Morgan fingerprint density at radius 1 is 1.36 bits per heavy atom. The smallest absolute Gasteiger partial charge is 0.254 e. The van der Waals surface area contributed by atoms with Crippen LogP contribution in [0.25, 0.3) is 0 Å². The van der Waals surface area contributed by atoms with Crippen molar-refractivity contribution in [1.82, 2.24) is 24.9 Å². The van der Waals surface area contributed by atoms with E-state index < -0.39 is 0 Å². The molecule has 0 saturated carbocycles. The number of carbonyl (C=O) groups excluding carboxylic acids is 2. The van der Waals surface area contributed by atoms with E-state index in [1.165, 1.54) is 6.42 Å². The van der Waals surface area contributed by atoms with E-state index in [2.05, 4.69) is 22.0 Å². The van der Waals surface area contributed by atoms with E-state index in [1.54, 1.807) is 18.1 Å². The van der Waals surface area contributed by atoms with Gasteiger partial charge < -0.3 is 9.80 Å². The first kappa shape index (κ1) is 18.7. The summed E-state index contributed by atoms with van der Waals surface area (Å²) >= 11 is 0. The first-order chi connectivity index (χ1) is 13.6. The maximum Gasteiger partial charge on any atom is 0.254 e. The maximum absolute atomic E-state index is 13.0. The number of aromatic nitrogens is 2. The monoisotopic (exact) mass is 381 g/mol. The Bertz CT molecular complexity index is 864. The third-order valence-corrected chi connectivity index (χ3v) is 5.92. The van der Waals surface area contributed by atoms with Crippen LogP contribution in [0.2, 0.25) is 0 Å². The minimum absolute atomic E-state index is 0.0452. The molecule has 2 aliphatic rings. The van der Waals surface area contributed by atoms with Gasteiger partial charge in [-0.1, -0.05) is 13.0 Å². The van der Waals surface area contributed by atoms with Crippen LogP contribution < -0.4 is 0 Å². The molecule has 0 radical (unpaired) electrons. The number of benzene rings is 1. The summed E-state index contributed by atoms with van der Waals surface area (Å²) in [4.78, 5) is 32.0. The lowest BCUT2D eigenvalue weighted by atomic mass is 10.0. The van der Waals surface area contributed by atoms with Crippen LogP contribution in [-0.4, -0.2) is 69.4 Å². The van der Waals surface area contributed by atoms with Gasteiger partial charge in [0.15, 0.2) is 0 Å². The zero-order valence-electron chi connectivity index (χ0n) is 16.5. The quantitative estimate of drug-likeness (QED) is 0.832. The lowest BCUT2D eigenvalue weighted by molar-refractivity contribution is 0.0726. The summed E-state index contributed by atoms with van der Waals surface area (Å²) in [5, 5.41) is 6.81. The van der Waals surface area contributed by atoms with E-state index in [-0.39, 0.29) is 11.8 Å². The van der Waals surface area contributed by atoms with Crippen LogP contribution in [0.1, 0.15) is 51.7 Å². The molecule has 0 spiro atoms. The normalized spacial score (nSPS) is 19.3. The van der Waals surface area contributed by atoms with E-state index in [9.17, 15) is 9.59 Å². The molecule has 2 aliphatic heterocycles. The molecule has 2 aromatic rings. The molecule has 1 atom stereocenters. The number of likely N-dealkylation sites (N-methyl/N-ethyl adjacent to an activating group) is 1. The Labute approximate surface area is 165 Å². The number of hydrogen-bond donors (Lipinski definition) is 1. The molecule has 1 aromatic carbocycles. The molecule has 3 heterocycles. The number of carbonyl (C=O) groups is 2. The highest BCUT2D eigenvalue weighted by atomic mass is 16.2.